The third-order valence-corrected chi connectivity index (χ3v) is 1.61. The van der Waals surface area contributed by atoms with Gasteiger partial charge in [-0.05, 0) is 6.92 Å². The van der Waals surface area contributed by atoms with Gasteiger partial charge < -0.3 is 4.74 Å². The first-order valence-electron chi connectivity index (χ1n) is 2.63. The van der Waals surface area contributed by atoms with Crippen molar-refractivity contribution < 1.29 is 4.74 Å². The van der Waals surface area contributed by atoms with Gasteiger partial charge in [0.2, 0.25) is 0 Å². The zero-order chi connectivity index (χ0) is 6.41. The van der Waals surface area contributed by atoms with Crippen LogP contribution in [0.1, 0.15) is 6.92 Å². The maximum absolute atomic E-state index is 5.43. The van der Waals surface area contributed by atoms with E-state index in [0.29, 0.717) is 12.5 Å². The second-order valence-corrected chi connectivity index (χ2v) is 2.51. The molecule has 0 N–H and O–H groups in total. The molecule has 0 saturated heterocycles. The molecule has 0 aromatic carbocycles. The van der Waals surface area contributed by atoms with Gasteiger partial charge in [0.25, 0.3) is 0 Å². The predicted molar refractivity (Wildman–Crippen MR) is 40.0 cm³/mol. The second kappa shape index (κ2) is 5.73. The maximum atomic E-state index is 5.43. The minimum absolute atomic E-state index is 0.191. The van der Waals surface area contributed by atoms with Gasteiger partial charge in [-0.25, -0.2) is 0 Å². The Morgan fingerprint density at radius 2 is 2.38 bits per heavy atom. The molecular weight excluding hydrogens is 144 g/mol. The molecule has 0 saturated carbocycles. The monoisotopic (exact) mass is 154 g/mol. The van der Waals surface area contributed by atoms with Crippen molar-refractivity contribution in [2.24, 2.45) is 0 Å². The lowest BCUT2D eigenvalue weighted by atomic mass is 10.5. The largest absolute Gasteiger partial charge is 0.381 e. The first kappa shape index (κ1) is 8.60. The molecular formula is C5H11ClOS. The zero-order valence-corrected chi connectivity index (χ0v) is 6.58. The Labute approximate surface area is 60.8 Å². The molecule has 0 aliphatic rings. The molecule has 0 spiro atoms. The van der Waals surface area contributed by atoms with Crippen LogP contribution in [0.4, 0.5) is 0 Å². The van der Waals surface area contributed by atoms with E-state index < -0.39 is 0 Å². The molecule has 0 rings (SSSR count). The number of hydrogen-bond acceptors (Lipinski definition) is 2. The standard InChI is InChI=1S/C5H11ClOS/c1-2-7-4-5(8)3-6/h5,8H,2-4H2,1H3. The lowest BCUT2D eigenvalue weighted by molar-refractivity contribution is 0.152. The molecule has 50 valence electrons. The van der Waals surface area contributed by atoms with Crippen LogP contribution in [0.3, 0.4) is 0 Å². The van der Waals surface area contributed by atoms with Gasteiger partial charge in [-0.15, -0.1) is 11.6 Å². The first-order valence-corrected chi connectivity index (χ1v) is 3.68. The summed E-state index contributed by atoms with van der Waals surface area (Å²) < 4.78 is 5.03. The van der Waals surface area contributed by atoms with E-state index in [1.54, 1.807) is 0 Å². The van der Waals surface area contributed by atoms with E-state index in [1.807, 2.05) is 6.92 Å². The Hall–Kier alpha value is 0.600. The van der Waals surface area contributed by atoms with E-state index >= 15 is 0 Å². The van der Waals surface area contributed by atoms with Crippen LogP contribution in [-0.2, 0) is 4.74 Å². The Bertz CT molecular complexity index is 51.7. The summed E-state index contributed by atoms with van der Waals surface area (Å²) in [7, 11) is 0. The fraction of sp³-hybridized carbons (Fsp3) is 1.00. The molecule has 3 heteroatoms. The van der Waals surface area contributed by atoms with Crippen LogP contribution in [-0.4, -0.2) is 24.3 Å². The minimum atomic E-state index is 0.191. The molecule has 0 aromatic rings. The van der Waals surface area contributed by atoms with E-state index in [4.69, 9.17) is 16.3 Å². The number of ether oxygens (including phenoxy) is 1. The third-order valence-electron chi connectivity index (χ3n) is 0.692. The highest BCUT2D eigenvalue weighted by atomic mass is 35.5. The Morgan fingerprint density at radius 1 is 1.75 bits per heavy atom. The number of thiol groups is 1. The fourth-order valence-electron chi connectivity index (χ4n) is 0.298. The van der Waals surface area contributed by atoms with Gasteiger partial charge in [0.1, 0.15) is 0 Å². The molecule has 0 aromatic heterocycles. The predicted octanol–water partition coefficient (Wildman–Crippen LogP) is 1.56. The average molecular weight is 155 g/mol. The summed E-state index contributed by atoms with van der Waals surface area (Å²) in [6.07, 6.45) is 0. The van der Waals surface area contributed by atoms with Crippen molar-refractivity contribution in [2.45, 2.75) is 12.2 Å². The van der Waals surface area contributed by atoms with Crippen molar-refractivity contribution in [2.75, 3.05) is 19.1 Å². The van der Waals surface area contributed by atoms with Crippen molar-refractivity contribution >= 4 is 24.2 Å². The second-order valence-electron chi connectivity index (χ2n) is 1.47. The Morgan fingerprint density at radius 3 is 2.75 bits per heavy atom. The van der Waals surface area contributed by atoms with Crippen molar-refractivity contribution in [1.82, 2.24) is 0 Å². The van der Waals surface area contributed by atoms with Crippen molar-refractivity contribution in [3.05, 3.63) is 0 Å². The van der Waals surface area contributed by atoms with Gasteiger partial charge >= 0.3 is 0 Å². The van der Waals surface area contributed by atoms with Crippen LogP contribution in [0.25, 0.3) is 0 Å². The highest BCUT2D eigenvalue weighted by Crippen LogP contribution is 1.97. The smallest absolute Gasteiger partial charge is 0.0593 e. The summed E-state index contributed by atoms with van der Waals surface area (Å²) in [4.78, 5) is 0. The zero-order valence-electron chi connectivity index (χ0n) is 4.93. The molecule has 0 radical (unpaired) electrons. The SMILES string of the molecule is CCOCC(S)CCl. The van der Waals surface area contributed by atoms with Crippen molar-refractivity contribution in [1.29, 1.82) is 0 Å². The van der Waals surface area contributed by atoms with Crippen molar-refractivity contribution in [3.63, 3.8) is 0 Å². The molecule has 1 atom stereocenters. The first-order chi connectivity index (χ1) is 3.81. The van der Waals surface area contributed by atoms with Gasteiger partial charge in [-0.3, -0.25) is 0 Å². The van der Waals surface area contributed by atoms with E-state index in [1.165, 1.54) is 0 Å². The number of hydrogen-bond donors (Lipinski definition) is 1. The van der Waals surface area contributed by atoms with E-state index in [9.17, 15) is 0 Å². The Kier molecular flexibility index (Phi) is 6.16. The highest BCUT2D eigenvalue weighted by molar-refractivity contribution is 7.81. The number of alkyl halides is 1. The lowest BCUT2D eigenvalue weighted by Gasteiger charge is -2.04. The van der Waals surface area contributed by atoms with Crippen LogP contribution < -0.4 is 0 Å². The van der Waals surface area contributed by atoms with Crippen LogP contribution in [0.5, 0.6) is 0 Å². The molecule has 1 unspecified atom stereocenters. The van der Waals surface area contributed by atoms with Crippen LogP contribution in [0, 0.1) is 0 Å². The topological polar surface area (TPSA) is 9.23 Å². The summed E-state index contributed by atoms with van der Waals surface area (Å²) in [5.74, 6) is 0.559. The van der Waals surface area contributed by atoms with Gasteiger partial charge in [-0.2, -0.15) is 12.6 Å². The highest BCUT2D eigenvalue weighted by Gasteiger charge is 1.97. The molecule has 0 aliphatic heterocycles. The summed E-state index contributed by atoms with van der Waals surface area (Å²) in [5.41, 5.74) is 0. The molecule has 0 fully saturated rings. The average Bonchev–Trinajstić information content (AvgIpc) is 1.83. The number of rotatable bonds is 4. The van der Waals surface area contributed by atoms with E-state index in [0.717, 1.165) is 6.61 Å². The maximum Gasteiger partial charge on any atom is 0.0593 e. The summed E-state index contributed by atoms with van der Waals surface area (Å²) in [6, 6.07) is 0. The Balaban J connectivity index is 2.86. The summed E-state index contributed by atoms with van der Waals surface area (Å²) in [5, 5.41) is 0.191. The normalized spacial score (nSPS) is 13.9. The molecule has 0 amide bonds. The molecule has 0 heterocycles. The van der Waals surface area contributed by atoms with Gasteiger partial charge in [-0.1, -0.05) is 0 Å². The summed E-state index contributed by atoms with van der Waals surface area (Å²) in [6.45, 7) is 3.35. The number of halogens is 1. The third kappa shape index (κ3) is 4.75. The van der Waals surface area contributed by atoms with Crippen molar-refractivity contribution in [3.8, 4) is 0 Å². The molecule has 0 aliphatic carbocycles. The van der Waals surface area contributed by atoms with Gasteiger partial charge in [0, 0.05) is 17.7 Å². The van der Waals surface area contributed by atoms with Gasteiger partial charge in [0.15, 0.2) is 0 Å². The van der Waals surface area contributed by atoms with Gasteiger partial charge in [0.05, 0.1) is 6.61 Å². The van der Waals surface area contributed by atoms with Crippen LogP contribution in [0.2, 0.25) is 0 Å². The lowest BCUT2D eigenvalue weighted by Crippen LogP contribution is -2.09. The quantitative estimate of drug-likeness (QED) is 0.478. The van der Waals surface area contributed by atoms with E-state index in [2.05, 4.69) is 12.6 Å². The molecule has 0 bridgehead atoms. The van der Waals surface area contributed by atoms with Crippen LogP contribution in [0.15, 0.2) is 0 Å². The summed E-state index contributed by atoms with van der Waals surface area (Å²) >= 11 is 9.54. The fourth-order valence-corrected chi connectivity index (χ4v) is 0.493. The molecule has 1 nitrogen and oxygen atoms in total. The van der Waals surface area contributed by atoms with E-state index in [-0.39, 0.29) is 5.25 Å². The van der Waals surface area contributed by atoms with Crippen LogP contribution >= 0.6 is 24.2 Å². The minimum Gasteiger partial charge on any atom is -0.381 e. The molecule has 8 heavy (non-hydrogen) atoms.